The van der Waals surface area contributed by atoms with E-state index in [0.717, 1.165) is 25.0 Å². The van der Waals surface area contributed by atoms with Crippen LogP contribution in [0, 0.1) is 11.6 Å². The number of rotatable bonds is 7. The SMILES string of the molecule is COc1ccccc1NS(=O)(=O)c1cccc(C(=O)Nc2cc(F)c(N3CCCC3)c(F)c2)c1. The minimum atomic E-state index is -4.04. The second kappa shape index (κ2) is 9.68. The highest BCUT2D eigenvalue weighted by molar-refractivity contribution is 7.92. The maximum atomic E-state index is 14.6. The van der Waals surface area contributed by atoms with Crippen molar-refractivity contribution in [2.75, 3.05) is 35.1 Å². The molecule has 3 aromatic carbocycles. The van der Waals surface area contributed by atoms with Gasteiger partial charge in [-0.2, -0.15) is 0 Å². The number of ether oxygens (including phenoxy) is 1. The lowest BCUT2D eigenvalue weighted by Gasteiger charge is -2.20. The summed E-state index contributed by atoms with van der Waals surface area (Å²) in [6.07, 6.45) is 1.73. The fraction of sp³-hybridized carbons (Fsp3) is 0.208. The van der Waals surface area contributed by atoms with Crippen LogP contribution in [0.4, 0.5) is 25.8 Å². The summed E-state index contributed by atoms with van der Waals surface area (Å²) in [5.74, 6) is -1.91. The summed E-state index contributed by atoms with van der Waals surface area (Å²) in [7, 11) is -2.62. The molecule has 34 heavy (non-hydrogen) atoms. The number of sulfonamides is 1. The zero-order valence-corrected chi connectivity index (χ0v) is 19.2. The summed E-state index contributed by atoms with van der Waals surface area (Å²) >= 11 is 0. The van der Waals surface area contributed by atoms with Crippen molar-refractivity contribution >= 4 is 33.0 Å². The standard InChI is InChI=1S/C24H23F2N3O4S/c1-33-22-10-3-2-9-21(22)28-34(31,32)18-8-6-7-16(13-18)24(30)27-17-14-19(25)23(20(26)15-17)29-11-4-5-12-29/h2-3,6-10,13-15,28H,4-5,11-12H2,1H3,(H,27,30). The van der Waals surface area contributed by atoms with Gasteiger partial charge in [-0.05, 0) is 55.3 Å². The first-order valence-corrected chi connectivity index (χ1v) is 12.1. The second-order valence-corrected chi connectivity index (χ2v) is 9.45. The summed E-state index contributed by atoms with van der Waals surface area (Å²) < 4.78 is 62.4. The van der Waals surface area contributed by atoms with E-state index in [1.54, 1.807) is 29.2 Å². The van der Waals surface area contributed by atoms with Gasteiger partial charge in [0.15, 0.2) is 11.6 Å². The first kappa shape index (κ1) is 23.5. The van der Waals surface area contributed by atoms with Gasteiger partial charge >= 0.3 is 0 Å². The summed E-state index contributed by atoms with van der Waals surface area (Å²) in [5, 5.41) is 2.43. The average Bonchev–Trinajstić information content (AvgIpc) is 3.33. The van der Waals surface area contributed by atoms with Crippen molar-refractivity contribution in [3.05, 3.63) is 77.9 Å². The van der Waals surface area contributed by atoms with E-state index in [1.165, 1.54) is 31.4 Å². The molecule has 2 N–H and O–H groups in total. The van der Waals surface area contributed by atoms with E-state index in [9.17, 15) is 22.0 Å². The normalized spacial score (nSPS) is 13.6. The van der Waals surface area contributed by atoms with E-state index >= 15 is 0 Å². The van der Waals surface area contributed by atoms with Crippen molar-refractivity contribution in [1.29, 1.82) is 0 Å². The van der Waals surface area contributed by atoms with Crippen LogP contribution >= 0.6 is 0 Å². The number of benzene rings is 3. The summed E-state index contributed by atoms with van der Waals surface area (Å²) in [6.45, 7) is 1.15. The first-order valence-electron chi connectivity index (χ1n) is 10.6. The highest BCUT2D eigenvalue weighted by Gasteiger charge is 2.22. The number of methoxy groups -OCH3 is 1. The Kier molecular flexibility index (Phi) is 6.69. The van der Waals surface area contributed by atoms with Crippen molar-refractivity contribution in [3.63, 3.8) is 0 Å². The Morgan fingerprint density at radius 3 is 2.32 bits per heavy atom. The molecule has 0 aliphatic carbocycles. The Labute approximate surface area is 196 Å². The monoisotopic (exact) mass is 487 g/mol. The van der Waals surface area contributed by atoms with Crippen molar-refractivity contribution in [2.24, 2.45) is 0 Å². The summed E-state index contributed by atoms with van der Waals surface area (Å²) in [4.78, 5) is 14.2. The van der Waals surface area contributed by atoms with Crippen LogP contribution in [0.15, 0.2) is 65.6 Å². The van der Waals surface area contributed by atoms with Crippen LogP contribution in [0.3, 0.4) is 0 Å². The Bertz CT molecular complexity index is 1300. The minimum absolute atomic E-state index is 0.00679. The number of hydrogen-bond acceptors (Lipinski definition) is 5. The van der Waals surface area contributed by atoms with Gasteiger partial charge in [-0.15, -0.1) is 0 Å². The Morgan fingerprint density at radius 1 is 0.971 bits per heavy atom. The lowest BCUT2D eigenvalue weighted by atomic mass is 10.2. The molecule has 0 unspecified atom stereocenters. The van der Waals surface area contributed by atoms with Crippen LogP contribution in [0.2, 0.25) is 0 Å². The molecule has 1 amide bonds. The molecule has 0 atom stereocenters. The minimum Gasteiger partial charge on any atom is -0.495 e. The maximum absolute atomic E-state index is 14.6. The van der Waals surface area contributed by atoms with Crippen LogP contribution in [0.5, 0.6) is 5.75 Å². The number of amides is 1. The molecule has 1 fully saturated rings. The van der Waals surface area contributed by atoms with E-state index in [0.29, 0.717) is 18.8 Å². The zero-order valence-electron chi connectivity index (χ0n) is 18.3. The highest BCUT2D eigenvalue weighted by Crippen LogP contribution is 2.30. The predicted molar refractivity (Wildman–Crippen MR) is 126 cm³/mol. The highest BCUT2D eigenvalue weighted by atomic mass is 32.2. The first-order chi connectivity index (χ1) is 16.3. The number of para-hydroxylation sites is 2. The summed E-state index contributed by atoms with van der Waals surface area (Å²) in [6, 6.07) is 13.9. The number of nitrogens with zero attached hydrogens (tertiary/aromatic N) is 1. The average molecular weight is 488 g/mol. The fourth-order valence-electron chi connectivity index (χ4n) is 3.82. The van der Waals surface area contributed by atoms with Gasteiger partial charge in [0.1, 0.15) is 11.4 Å². The van der Waals surface area contributed by atoms with Gasteiger partial charge in [-0.1, -0.05) is 18.2 Å². The topological polar surface area (TPSA) is 87.7 Å². The van der Waals surface area contributed by atoms with Gasteiger partial charge in [0.25, 0.3) is 15.9 Å². The van der Waals surface area contributed by atoms with Crippen LogP contribution < -0.4 is 19.7 Å². The number of carbonyl (C=O) groups is 1. The Hall–Kier alpha value is -3.66. The van der Waals surface area contributed by atoms with E-state index in [2.05, 4.69) is 10.0 Å². The zero-order chi connectivity index (χ0) is 24.3. The molecule has 3 aromatic rings. The molecule has 0 bridgehead atoms. The van der Waals surface area contributed by atoms with Crippen molar-refractivity contribution < 1.29 is 26.7 Å². The molecule has 10 heteroatoms. The molecule has 7 nitrogen and oxygen atoms in total. The molecule has 0 aromatic heterocycles. The molecule has 0 saturated carbocycles. The van der Waals surface area contributed by atoms with Gasteiger partial charge in [-0.25, -0.2) is 17.2 Å². The Morgan fingerprint density at radius 2 is 1.65 bits per heavy atom. The smallest absolute Gasteiger partial charge is 0.262 e. The van der Waals surface area contributed by atoms with Crippen LogP contribution in [0.25, 0.3) is 0 Å². The third-order valence-corrected chi connectivity index (χ3v) is 6.82. The second-order valence-electron chi connectivity index (χ2n) is 7.77. The number of anilines is 3. The van der Waals surface area contributed by atoms with Crippen LogP contribution in [-0.2, 0) is 10.0 Å². The fourth-order valence-corrected chi connectivity index (χ4v) is 4.94. The van der Waals surface area contributed by atoms with Crippen molar-refractivity contribution in [2.45, 2.75) is 17.7 Å². The van der Waals surface area contributed by atoms with Gasteiger partial charge in [-0.3, -0.25) is 9.52 Å². The molecule has 1 aliphatic heterocycles. The molecule has 1 saturated heterocycles. The van der Waals surface area contributed by atoms with E-state index in [1.807, 2.05) is 0 Å². The van der Waals surface area contributed by atoms with Crippen LogP contribution in [0.1, 0.15) is 23.2 Å². The number of carbonyl (C=O) groups excluding carboxylic acids is 1. The molecular weight excluding hydrogens is 464 g/mol. The van der Waals surface area contributed by atoms with Crippen molar-refractivity contribution in [1.82, 2.24) is 0 Å². The maximum Gasteiger partial charge on any atom is 0.262 e. The van der Waals surface area contributed by atoms with E-state index < -0.39 is 27.6 Å². The number of nitrogens with one attached hydrogen (secondary N) is 2. The molecule has 0 radical (unpaired) electrons. The molecule has 178 valence electrons. The molecule has 1 heterocycles. The van der Waals surface area contributed by atoms with E-state index in [4.69, 9.17) is 4.74 Å². The quantitative estimate of drug-likeness (QED) is 0.508. The van der Waals surface area contributed by atoms with Gasteiger partial charge < -0.3 is 15.0 Å². The lowest BCUT2D eigenvalue weighted by Crippen LogP contribution is -2.21. The third-order valence-electron chi connectivity index (χ3n) is 5.45. The Balaban J connectivity index is 1.54. The molecular formula is C24H23F2N3O4S. The van der Waals surface area contributed by atoms with Gasteiger partial charge in [0.2, 0.25) is 0 Å². The van der Waals surface area contributed by atoms with Crippen molar-refractivity contribution in [3.8, 4) is 5.75 Å². The van der Waals surface area contributed by atoms with Gasteiger partial charge in [0, 0.05) is 24.3 Å². The molecule has 4 rings (SSSR count). The lowest BCUT2D eigenvalue weighted by molar-refractivity contribution is 0.102. The molecule has 0 spiro atoms. The third kappa shape index (κ3) is 4.96. The molecule has 1 aliphatic rings. The summed E-state index contributed by atoms with van der Waals surface area (Å²) in [5.41, 5.74) is 0.0746. The predicted octanol–water partition coefficient (Wildman–Crippen LogP) is 4.63. The largest absolute Gasteiger partial charge is 0.495 e. The van der Waals surface area contributed by atoms with Gasteiger partial charge in [0.05, 0.1) is 17.7 Å². The number of halogens is 2. The number of hydrogen-bond donors (Lipinski definition) is 2. The van der Waals surface area contributed by atoms with E-state index in [-0.39, 0.29) is 27.5 Å². The van der Waals surface area contributed by atoms with Crippen LogP contribution in [-0.4, -0.2) is 34.5 Å².